The molecule has 1 aromatic carbocycles. The van der Waals surface area contributed by atoms with Gasteiger partial charge in [0.05, 0.1) is 6.04 Å². The largest absolute Gasteiger partial charge is 0.337 e. The summed E-state index contributed by atoms with van der Waals surface area (Å²) in [5.74, 6) is 0.945. The Morgan fingerprint density at radius 1 is 1.35 bits per heavy atom. The highest BCUT2D eigenvalue weighted by Crippen LogP contribution is 2.31. The van der Waals surface area contributed by atoms with E-state index in [2.05, 4.69) is 22.0 Å². The van der Waals surface area contributed by atoms with Crippen molar-refractivity contribution in [3.05, 3.63) is 36.0 Å². The molecule has 106 valence electrons. The maximum Gasteiger partial charge on any atom is 0.244 e. The Morgan fingerprint density at radius 3 is 2.90 bits per heavy atom. The third-order valence-corrected chi connectivity index (χ3v) is 3.70. The Kier molecular flexibility index (Phi) is 3.78. The highest BCUT2D eigenvalue weighted by Gasteiger charge is 2.30. The lowest BCUT2D eigenvalue weighted by atomic mass is 10.2. The summed E-state index contributed by atoms with van der Waals surface area (Å²) >= 11 is 0. The molecular formula is C15H18FN3O. The standard InChI is InChI=1S/C15H18FN3O/c1-2-9-19-10-3-4-13(19)15-17-14(18-20-15)11-5-7-12(16)8-6-11/h5-8,13H,2-4,9-10H2,1H3/t13-/m0/s1. The summed E-state index contributed by atoms with van der Waals surface area (Å²) in [6, 6.07) is 6.39. The zero-order chi connectivity index (χ0) is 13.9. The van der Waals surface area contributed by atoms with Crippen molar-refractivity contribution < 1.29 is 8.91 Å². The zero-order valence-electron chi connectivity index (χ0n) is 11.6. The van der Waals surface area contributed by atoms with E-state index in [-0.39, 0.29) is 11.9 Å². The van der Waals surface area contributed by atoms with E-state index in [9.17, 15) is 4.39 Å². The van der Waals surface area contributed by atoms with Crippen molar-refractivity contribution in [3.8, 4) is 11.4 Å². The van der Waals surface area contributed by atoms with Gasteiger partial charge >= 0.3 is 0 Å². The summed E-state index contributed by atoms with van der Waals surface area (Å²) < 4.78 is 18.3. The maximum absolute atomic E-state index is 12.9. The predicted molar refractivity (Wildman–Crippen MR) is 73.5 cm³/mol. The summed E-state index contributed by atoms with van der Waals surface area (Å²) in [7, 11) is 0. The number of hydrogen-bond donors (Lipinski definition) is 0. The third kappa shape index (κ3) is 2.58. The average Bonchev–Trinajstić information content (AvgIpc) is 3.08. The SMILES string of the molecule is CCCN1CCC[C@H]1c1nc(-c2ccc(F)cc2)no1. The van der Waals surface area contributed by atoms with Gasteiger partial charge in [-0.25, -0.2) is 4.39 Å². The van der Waals surface area contributed by atoms with Gasteiger partial charge in [0.2, 0.25) is 11.7 Å². The molecule has 0 unspecified atom stereocenters. The third-order valence-electron chi connectivity index (χ3n) is 3.70. The Balaban J connectivity index is 1.81. The Bertz CT molecular complexity index is 567. The van der Waals surface area contributed by atoms with Gasteiger partial charge in [0.25, 0.3) is 0 Å². The summed E-state index contributed by atoms with van der Waals surface area (Å²) in [4.78, 5) is 6.87. The first-order valence-electron chi connectivity index (χ1n) is 7.11. The molecule has 20 heavy (non-hydrogen) atoms. The van der Waals surface area contributed by atoms with Crippen LogP contribution < -0.4 is 0 Å². The van der Waals surface area contributed by atoms with Crippen LogP contribution in [0, 0.1) is 5.82 Å². The van der Waals surface area contributed by atoms with Crippen molar-refractivity contribution in [2.45, 2.75) is 32.2 Å². The fraction of sp³-hybridized carbons (Fsp3) is 0.467. The van der Waals surface area contributed by atoms with E-state index in [0.717, 1.165) is 31.5 Å². The van der Waals surface area contributed by atoms with Gasteiger partial charge in [0.1, 0.15) is 5.82 Å². The number of halogens is 1. The Hall–Kier alpha value is -1.75. The number of nitrogens with zero attached hydrogens (tertiary/aromatic N) is 3. The number of likely N-dealkylation sites (tertiary alicyclic amines) is 1. The molecule has 1 aliphatic heterocycles. The molecule has 2 heterocycles. The van der Waals surface area contributed by atoms with Gasteiger partial charge in [0.15, 0.2) is 0 Å². The first-order valence-corrected chi connectivity index (χ1v) is 7.11. The normalized spacial score (nSPS) is 19.6. The molecule has 0 amide bonds. The first-order chi connectivity index (χ1) is 9.78. The van der Waals surface area contributed by atoms with Gasteiger partial charge in [0, 0.05) is 5.56 Å². The molecule has 5 heteroatoms. The van der Waals surface area contributed by atoms with Gasteiger partial charge in [-0.15, -0.1) is 0 Å². The second-order valence-corrected chi connectivity index (χ2v) is 5.16. The quantitative estimate of drug-likeness (QED) is 0.857. The topological polar surface area (TPSA) is 42.2 Å². The number of rotatable bonds is 4. The zero-order valence-corrected chi connectivity index (χ0v) is 11.6. The van der Waals surface area contributed by atoms with Crippen LogP contribution in [0.15, 0.2) is 28.8 Å². The molecule has 0 saturated carbocycles. The minimum absolute atomic E-state index is 0.233. The molecule has 2 aromatic rings. The van der Waals surface area contributed by atoms with Crippen molar-refractivity contribution >= 4 is 0 Å². The van der Waals surface area contributed by atoms with Crippen LogP contribution in [0.5, 0.6) is 0 Å². The second-order valence-electron chi connectivity index (χ2n) is 5.16. The summed E-state index contributed by atoms with van der Waals surface area (Å²) in [6.45, 7) is 4.32. The molecule has 0 radical (unpaired) electrons. The molecule has 1 aliphatic rings. The lowest BCUT2D eigenvalue weighted by Crippen LogP contribution is -2.24. The van der Waals surface area contributed by atoms with Crippen LogP contribution in [-0.2, 0) is 0 Å². The van der Waals surface area contributed by atoms with Crippen LogP contribution in [0.1, 0.15) is 38.1 Å². The van der Waals surface area contributed by atoms with Crippen LogP contribution in [-0.4, -0.2) is 28.1 Å². The number of aromatic nitrogens is 2. The monoisotopic (exact) mass is 275 g/mol. The highest BCUT2D eigenvalue weighted by molar-refractivity contribution is 5.53. The van der Waals surface area contributed by atoms with E-state index in [1.54, 1.807) is 12.1 Å². The van der Waals surface area contributed by atoms with Crippen LogP contribution >= 0.6 is 0 Å². The summed E-state index contributed by atoms with van der Waals surface area (Å²) in [5, 5.41) is 4.02. The van der Waals surface area contributed by atoms with Crippen LogP contribution in [0.4, 0.5) is 4.39 Å². The molecule has 4 nitrogen and oxygen atoms in total. The van der Waals surface area contributed by atoms with E-state index in [1.165, 1.54) is 18.6 Å². The molecular weight excluding hydrogens is 257 g/mol. The molecule has 0 spiro atoms. The smallest absolute Gasteiger partial charge is 0.244 e. The molecule has 0 bridgehead atoms. The molecule has 0 N–H and O–H groups in total. The number of hydrogen-bond acceptors (Lipinski definition) is 4. The minimum atomic E-state index is -0.262. The van der Waals surface area contributed by atoms with Gasteiger partial charge in [-0.1, -0.05) is 12.1 Å². The van der Waals surface area contributed by atoms with Crippen molar-refractivity contribution in [2.24, 2.45) is 0 Å². The fourth-order valence-corrected chi connectivity index (χ4v) is 2.75. The predicted octanol–water partition coefficient (Wildman–Crippen LogP) is 3.42. The maximum atomic E-state index is 12.9. The lowest BCUT2D eigenvalue weighted by molar-refractivity contribution is 0.208. The second kappa shape index (κ2) is 5.71. The van der Waals surface area contributed by atoms with E-state index in [0.29, 0.717) is 11.7 Å². The minimum Gasteiger partial charge on any atom is -0.337 e. The molecule has 1 fully saturated rings. The van der Waals surface area contributed by atoms with Crippen molar-refractivity contribution in [1.29, 1.82) is 0 Å². The van der Waals surface area contributed by atoms with E-state index in [1.807, 2.05) is 0 Å². The molecule has 1 atom stereocenters. The first kappa shape index (κ1) is 13.2. The van der Waals surface area contributed by atoms with Crippen molar-refractivity contribution in [3.63, 3.8) is 0 Å². The van der Waals surface area contributed by atoms with E-state index >= 15 is 0 Å². The molecule has 1 saturated heterocycles. The molecule has 3 rings (SSSR count). The van der Waals surface area contributed by atoms with Gasteiger partial charge in [-0.3, -0.25) is 4.90 Å². The van der Waals surface area contributed by atoms with E-state index < -0.39 is 0 Å². The lowest BCUT2D eigenvalue weighted by Gasteiger charge is -2.20. The fourth-order valence-electron chi connectivity index (χ4n) is 2.75. The molecule has 1 aromatic heterocycles. The Morgan fingerprint density at radius 2 is 2.15 bits per heavy atom. The van der Waals surface area contributed by atoms with Crippen LogP contribution in [0.2, 0.25) is 0 Å². The van der Waals surface area contributed by atoms with Crippen LogP contribution in [0.3, 0.4) is 0 Å². The Labute approximate surface area is 117 Å². The summed E-state index contributed by atoms with van der Waals surface area (Å²) in [6.07, 6.45) is 3.35. The van der Waals surface area contributed by atoms with Crippen molar-refractivity contribution in [1.82, 2.24) is 15.0 Å². The van der Waals surface area contributed by atoms with Gasteiger partial charge < -0.3 is 4.52 Å². The molecule has 0 aliphatic carbocycles. The van der Waals surface area contributed by atoms with Gasteiger partial charge in [-0.2, -0.15) is 4.98 Å². The van der Waals surface area contributed by atoms with Crippen molar-refractivity contribution in [2.75, 3.05) is 13.1 Å². The average molecular weight is 275 g/mol. The van der Waals surface area contributed by atoms with Gasteiger partial charge in [-0.05, 0) is 56.6 Å². The summed E-state index contributed by atoms with van der Waals surface area (Å²) in [5.41, 5.74) is 0.779. The number of benzene rings is 1. The van der Waals surface area contributed by atoms with Crippen LogP contribution in [0.25, 0.3) is 11.4 Å². The van der Waals surface area contributed by atoms with E-state index in [4.69, 9.17) is 4.52 Å². The highest BCUT2D eigenvalue weighted by atomic mass is 19.1.